The fraction of sp³-hybridized carbons (Fsp3) is 0.526. The minimum atomic E-state index is 0.593. The van der Waals surface area contributed by atoms with E-state index in [0.29, 0.717) is 12.0 Å². The summed E-state index contributed by atoms with van der Waals surface area (Å²) in [5.74, 6) is 2.53. The van der Waals surface area contributed by atoms with Gasteiger partial charge in [0.2, 0.25) is 0 Å². The molecule has 0 amide bonds. The highest BCUT2D eigenvalue weighted by molar-refractivity contribution is 5.16. The number of aromatic nitrogens is 2. The van der Waals surface area contributed by atoms with Gasteiger partial charge < -0.3 is 4.98 Å². The highest BCUT2D eigenvalue weighted by atomic mass is 15.4. The van der Waals surface area contributed by atoms with Crippen molar-refractivity contribution in [2.45, 2.75) is 31.8 Å². The summed E-state index contributed by atoms with van der Waals surface area (Å²) >= 11 is 0. The molecule has 0 aliphatic carbocycles. The Labute approximate surface area is 143 Å². The summed E-state index contributed by atoms with van der Waals surface area (Å²) in [5, 5.41) is 0. The van der Waals surface area contributed by atoms with Crippen LogP contribution in [0.2, 0.25) is 0 Å². The van der Waals surface area contributed by atoms with Crippen LogP contribution in [0.15, 0.2) is 42.7 Å². The van der Waals surface area contributed by atoms with Crippen LogP contribution in [-0.4, -0.2) is 40.5 Å². The van der Waals surface area contributed by atoms with Crippen LogP contribution < -0.4 is 10.9 Å². The van der Waals surface area contributed by atoms with Gasteiger partial charge in [0, 0.05) is 25.0 Å². The van der Waals surface area contributed by atoms with Gasteiger partial charge in [0.05, 0.1) is 6.54 Å². The first-order chi connectivity index (χ1) is 11.9. The lowest BCUT2D eigenvalue weighted by Gasteiger charge is -2.36. The van der Waals surface area contributed by atoms with E-state index in [1.807, 2.05) is 12.4 Å². The summed E-state index contributed by atoms with van der Waals surface area (Å²) in [6.45, 7) is 4.36. The fourth-order valence-electron chi connectivity index (χ4n) is 4.24. The summed E-state index contributed by atoms with van der Waals surface area (Å²) in [5.41, 5.74) is 8.43. The molecule has 0 bridgehead atoms. The van der Waals surface area contributed by atoms with Gasteiger partial charge in [-0.3, -0.25) is 15.8 Å². The van der Waals surface area contributed by atoms with Gasteiger partial charge in [0.15, 0.2) is 0 Å². The van der Waals surface area contributed by atoms with Crippen molar-refractivity contribution in [1.29, 1.82) is 0 Å². The van der Waals surface area contributed by atoms with Crippen LogP contribution in [0.4, 0.5) is 0 Å². The van der Waals surface area contributed by atoms with Crippen LogP contribution in [0.5, 0.6) is 0 Å². The Morgan fingerprint density at radius 3 is 2.71 bits per heavy atom. The van der Waals surface area contributed by atoms with Gasteiger partial charge in [0.25, 0.3) is 0 Å². The van der Waals surface area contributed by atoms with Crippen LogP contribution >= 0.6 is 0 Å². The Morgan fingerprint density at radius 1 is 1.12 bits per heavy atom. The zero-order chi connectivity index (χ0) is 16.2. The second kappa shape index (κ2) is 7.47. The molecule has 1 aromatic carbocycles. The molecule has 3 N–H and O–H groups in total. The average Bonchev–Trinajstić information content (AvgIpc) is 3.29. The highest BCUT2D eigenvalue weighted by Gasteiger charge is 2.35. The first-order valence-corrected chi connectivity index (χ1v) is 9.11. The van der Waals surface area contributed by atoms with Crippen molar-refractivity contribution in [3.8, 4) is 0 Å². The Bertz CT molecular complexity index is 604. The molecule has 3 heterocycles. The molecule has 5 heteroatoms. The molecular formula is C19H27N5. The summed E-state index contributed by atoms with van der Waals surface area (Å²) in [7, 11) is 0. The highest BCUT2D eigenvalue weighted by Crippen LogP contribution is 2.28. The SMILES string of the molecule is c1ccc(CC2CNNC2C2CCN(Cc3ncc[nH]3)CC2)cc1. The standard InChI is InChI=1S/C19H27N5/c1-2-4-15(5-3-1)12-17-13-22-23-19(17)16-6-10-24(11-7-16)14-18-20-8-9-21-18/h1-5,8-9,16-17,19,22-23H,6-7,10-14H2,(H,20,21). The number of likely N-dealkylation sites (tertiary alicyclic amines) is 1. The smallest absolute Gasteiger partial charge is 0.120 e. The zero-order valence-electron chi connectivity index (χ0n) is 14.1. The van der Waals surface area contributed by atoms with E-state index < -0.39 is 0 Å². The number of aromatic amines is 1. The van der Waals surface area contributed by atoms with Gasteiger partial charge in [-0.05, 0) is 49.8 Å². The minimum Gasteiger partial charge on any atom is -0.348 e. The van der Waals surface area contributed by atoms with E-state index in [2.05, 4.69) is 56.1 Å². The topological polar surface area (TPSA) is 56.0 Å². The number of rotatable bonds is 5. The van der Waals surface area contributed by atoms with Crippen molar-refractivity contribution in [2.24, 2.45) is 11.8 Å². The third-order valence-corrected chi connectivity index (χ3v) is 5.55. The van der Waals surface area contributed by atoms with E-state index in [0.717, 1.165) is 31.3 Å². The molecule has 2 atom stereocenters. The molecule has 2 unspecified atom stereocenters. The fourth-order valence-corrected chi connectivity index (χ4v) is 4.24. The molecule has 5 nitrogen and oxygen atoms in total. The monoisotopic (exact) mass is 325 g/mol. The average molecular weight is 325 g/mol. The lowest BCUT2D eigenvalue weighted by molar-refractivity contribution is 0.142. The predicted molar refractivity (Wildman–Crippen MR) is 95.2 cm³/mol. The molecule has 24 heavy (non-hydrogen) atoms. The molecule has 0 spiro atoms. The first kappa shape index (κ1) is 15.8. The minimum absolute atomic E-state index is 0.593. The third-order valence-electron chi connectivity index (χ3n) is 5.55. The van der Waals surface area contributed by atoms with E-state index in [-0.39, 0.29) is 0 Å². The number of hydrogen-bond donors (Lipinski definition) is 3. The predicted octanol–water partition coefficient (Wildman–Crippen LogP) is 1.96. The Hall–Kier alpha value is -1.69. The summed E-state index contributed by atoms with van der Waals surface area (Å²) in [4.78, 5) is 10.1. The molecule has 128 valence electrons. The van der Waals surface area contributed by atoms with Gasteiger partial charge in [-0.1, -0.05) is 30.3 Å². The van der Waals surface area contributed by atoms with Crippen LogP contribution in [0.1, 0.15) is 24.2 Å². The molecule has 1 aromatic heterocycles. The van der Waals surface area contributed by atoms with Crippen molar-refractivity contribution in [2.75, 3.05) is 19.6 Å². The maximum absolute atomic E-state index is 4.35. The summed E-state index contributed by atoms with van der Waals surface area (Å²) in [6, 6.07) is 11.5. The molecule has 2 saturated heterocycles. The van der Waals surface area contributed by atoms with Gasteiger partial charge in [-0.25, -0.2) is 4.98 Å². The van der Waals surface area contributed by atoms with Crippen molar-refractivity contribution in [3.05, 3.63) is 54.1 Å². The largest absolute Gasteiger partial charge is 0.348 e. The lowest BCUT2D eigenvalue weighted by atomic mass is 9.81. The van der Waals surface area contributed by atoms with E-state index in [1.165, 1.54) is 31.5 Å². The number of hydrazine groups is 1. The molecule has 0 radical (unpaired) electrons. The van der Waals surface area contributed by atoms with Gasteiger partial charge >= 0.3 is 0 Å². The molecule has 2 aliphatic heterocycles. The van der Waals surface area contributed by atoms with Crippen LogP contribution in [0, 0.1) is 11.8 Å². The number of H-pyrrole nitrogens is 1. The van der Waals surface area contributed by atoms with E-state index in [4.69, 9.17) is 0 Å². The number of piperidine rings is 1. The van der Waals surface area contributed by atoms with Crippen molar-refractivity contribution in [3.63, 3.8) is 0 Å². The van der Waals surface area contributed by atoms with Crippen LogP contribution in [-0.2, 0) is 13.0 Å². The Morgan fingerprint density at radius 2 is 1.96 bits per heavy atom. The summed E-state index contributed by atoms with van der Waals surface area (Å²) in [6.07, 6.45) is 7.45. The first-order valence-electron chi connectivity index (χ1n) is 9.11. The van der Waals surface area contributed by atoms with Crippen LogP contribution in [0.25, 0.3) is 0 Å². The second-order valence-electron chi connectivity index (χ2n) is 7.15. The van der Waals surface area contributed by atoms with E-state index in [9.17, 15) is 0 Å². The molecule has 4 rings (SSSR count). The zero-order valence-corrected chi connectivity index (χ0v) is 14.1. The van der Waals surface area contributed by atoms with Crippen molar-refractivity contribution in [1.82, 2.24) is 25.7 Å². The van der Waals surface area contributed by atoms with Crippen LogP contribution in [0.3, 0.4) is 0 Å². The number of nitrogens with one attached hydrogen (secondary N) is 3. The van der Waals surface area contributed by atoms with Crippen molar-refractivity contribution < 1.29 is 0 Å². The number of imidazole rings is 1. The number of hydrogen-bond acceptors (Lipinski definition) is 4. The van der Waals surface area contributed by atoms with Gasteiger partial charge in [-0.2, -0.15) is 0 Å². The maximum atomic E-state index is 4.35. The Balaban J connectivity index is 1.31. The molecule has 2 fully saturated rings. The second-order valence-corrected chi connectivity index (χ2v) is 7.15. The quantitative estimate of drug-likeness (QED) is 0.787. The molecule has 0 saturated carbocycles. The number of benzene rings is 1. The summed E-state index contributed by atoms with van der Waals surface area (Å²) < 4.78 is 0. The number of nitrogens with zero attached hydrogens (tertiary/aromatic N) is 2. The van der Waals surface area contributed by atoms with Gasteiger partial charge in [-0.15, -0.1) is 0 Å². The van der Waals surface area contributed by atoms with E-state index in [1.54, 1.807) is 0 Å². The maximum Gasteiger partial charge on any atom is 0.120 e. The molecule has 2 aromatic rings. The third kappa shape index (κ3) is 3.69. The van der Waals surface area contributed by atoms with E-state index >= 15 is 0 Å². The van der Waals surface area contributed by atoms with Gasteiger partial charge in [0.1, 0.15) is 5.82 Å². The lowest BCUT2D eigenvalue weighted by Crippen LogP contribution is -2.44. The molecular weight excluding hydrogens is 298 g/mol. The normalized spacial score (nSPS) is 26.0. The Kier molecular flexibility index (Phi) is 4.92. The van der Waals surface area contributed by atoms with Crippen molar-refractivity contribution >= 4 is 0 Å². The molecule has 2 aliphatic rings.